The van der Waals surface area contributed by atoms with Gasteiger partial charge in [-0.25, -0.2) is 22.8 Å². The summed E-state index contributed by atoms with van der Waals surface area (Å²) in [5.41, 5.74) is 1.79. The summed E-state index contributed by atoms with van der Waals surface area (Å²) < 4.78 is 45.1. The van der Waals surface area contributed by atoms with E-state index in [4.69, 9.17) is 4.74 Å². The highest BCUT2D eigenvalue weighted by Crippen LogP contribution is 2.45. The standard InChI is InChI=1S/C24H25FN4O3S/c1-5-6-9-32-21-14-27-20(13-28-21)19(25)11-16-7-8-17-12-24(18(17)10-16)15-33(30,31)23(2,3)22(26-4)29-24/h7-8,10-11,13-14H,9,12,15H2,1-4H3,(H,26,29)/b19-11-/t24-/m0/s1. The number of fused-ring (bicyclic) bond motifs is 2. The molecule has 2 aromatic rings. The van der Waals surface area contributed by atoms with Crippen LogP contribution >= 0.6 is 0 Å². The van der Waals surface area contributed by atoms with Crippen LogP contribution in [-0.4, -0.2) is 48.4 Å². The molecule has 2 aliphatic rings. The number of aliphatic imine (C=N–C) groups is 1. The van der Waals surface area contributed by atoms with Gasteiger partial charge in [0.25, 0.3) is 0 Å². The summed E-state index contributed by atoms with van der Waals surface area (Å²) in [6, 6.07) is 5.52. The topological polar surface area (TPSA) is 93.5 Å². The Labute approximate surface area is 193 Å². The van der Waals surface area contributed by atoms with Gasteiger partial charge in [0.05, 0.1) is 23.7 Å². The molecule has 33 heavy (non-hydrogen) atoms. The van der Waals surface area contributed by atoms with Crippen LogP contribution in [0.2, 0.25) is 0 Å². The van der Waals surface area contributed by atoms with Crippen LogP contribution in [0, 0.1) is 11.8 Å². The van der Waals surface area contributed by atoms with Crippen LogP contribution in [0.5, 0.6) is 5.88 Å². The fourth-order valence-electron chi connectivity index (χ4n) is 4.14. The van der Waals surface area contributed by atoms with Crippen molar-refractivity contribution in [3.8, 4) is 17.7 Å². The largest absolute Gasteiger partial charge is 0.463 e. The second-order valence-corrected chi connectivity index (χ2v) is 11.1. The number of nitrogens with one attached hydrogen (secondary N) is 1. The molecule has 0 unspecified atom stereocenters. The molecule has 1 aliphatic carbocycles. The Morgan fingerprint density at radius 1 is 1.33 bits per heavy atom. The Kier molecular flexibility index (Phi) is 5.74. The molecule has 0 saturated carbocycles. The van der Waals surface area contributed by atoms with Crippen molar-refractivity contribution in [1.82, 2.24) is 15.3 Å². The van der Waals surface area contributed by atoms with Crippen molar-refractivity contribution in [2.24, 2.45) is 4.99 Å². The number of hydrogen-bond acceptors (Lipinski definition) is 6. The summed E-state index contributed by atoms with van der Waals surface area (Å²) in [5.74, 6) is 5.56. The zero-order valence-corrected chi connectivity index (χ0v) is 19.8. The molecular weight excluding hydrogens is 443 g/mol. The van der Waals surface area contributed by atoms with Crippen LogP contribution in [-0.2, 0) is 21.8 Å². The van der Waals surface area contributed by atoms with Crippen molar-refractivity contribution in [2.75, 3.05) is 19.4 Å². The van der Waals surface area contributed by atoms with E-state index < -0.39 is 26.0 Å². The minimum Gasteiger partial charge on any atom is -0.463 e. The van der Waals surface area contributed by atoms with Gasteiger partial charge in [-0.15, -0.1) is 5.92 Å². The first-order valence-electron chi connectivity index (χ1n) is 10.4. The van der Waals surface area contributed by atoms with Gasteiger partial charge in [0.2, 0.25) is 5.88 Å². The quantitative estimate of drug-likeness (QED) is 0.694. The Morgan fingerprint density at radius 2 is 2.12 bits per heavy atom. The maximum absolute atomic E-state index is 14.8. The van der Waals surface area contributed by atoms with E-state index in [9.17, 15) is 12.8 Å². The number of nitrogens with zero attached hydrogens (tertiary/aromatic N) is 3. The molecule has 0 amide bonds. The van der Waals surface area contributed by atoms with Crippen molar-refractivity contribution < 1.29 is 17.5 Å². The van der Waals surface area contributed by atoms with Crippen molar-refractivity contribution in [1.29, 1.82) is 0 Å². The molecule has 1 fully saturated rings. The summed E-state index contributed by atoms with van der Waals surface area (Å²) in [4.78, 5) is 12.3. The van der Waals surface area contributed by atoms with Gasteiger partial charge in [0.1, 0.15) is 16.3 Å². The zero-order valence-electron chi connectivity index (χ0n) is 18.9. The number of rotatable bonds is 4. The third-order valence-electron chi connectivity index (χ3n) is 6.14. The molecule has 7 nitrogen and oxygen atoms in total. The monoisotopic (exact) mass is 468 g/mol. The number of aromatic nitrogens is 2. The van der Waals surface area contributed by atoms with Crippen molar-refractivity contribution in [3.63, 3.8) is 0 Å². The molecule has 4 rings (SSSR count). The van der Waals surface area contributed by atoms with Crippen LogP contribution in [0.25, 0.3) is 11.9 Å². The second kappa shape index (κ2) is 8.27. The van der Waals surface area contributed by atoms with E-state index in [0.717, 1.165) is 11.1 Å². The Bertz CT molecular complexity index is 1320. The lowest BCUT2D eigenvalue weighted by Crippen LogP contribution is -2.68. The molecule has 9 heteroatoms. The third kappa shape index (κ3) is 4.00. The summed E-state index contributed by atoms with van der Waals surface area (Å²) in [7, 11) is -1.86. The van der Waals surface area contributed by atoms with Gasteiger partial charge in [-0.1, -0.05) is 18.1 Å². The van der Waals surface area contributed by atoms with Gasteiger partial charge < -0.3 is 10.1 Å². The minimum absolute atomic E-state index is 0.0377. The number of hydrogen-bond donors (Lipinski definition) is 1. The minimum atomic E-state index is -3.45. The highest BCUT2D eigenvalue weighted by atomic mass is 32.2. The van der Waals surface area contributed by atoms with Gasteiger partial charge in [0, 0.05) is 13.5 Å². The van der Waals surface area contributed by atoms with E-state index in [1.54, 1.807) is 33.9 Å². The van der Waals surface area contributed by atoms with Crippen molar-refractivity contribution in [2.45, 2.75) is 37.5 Å². The molecule has 1 aliphatic heterocycles. The maximum Gasteiger partial charge on any atom is 0.233 e. The lowest BCUT2D eigenvalue weighted by atomic mass is 9.70. The average molecular weight is 469 g/mol. The molecule has 1 atom stereocenters. The fourth-order valence-corrected chi connectivity index (χ4v) is 5.92. The second-order valence-electron chi connectivity index (χ2n) is 8.59. The molecule has 1 aromatic carbocycles. The lowest BCUT2D eigenvalue weighted by molar-refractivity contribution is 0.353. The SMILES string of the molecule is CC#CCOc1cnc(/C(F)=C/c2ccc3c(c2)[C@]2(C3)CS(=O)(=O)C(C)(C)C(=NC)N2)cn1. The Morgan fingerprint density at radius 3 is 2.79 bits per heavy atom. The predicted octanol–water partition coefficient (Wildman–Crippen LogP) is 2.92. The van der Waals surface area contributed by atoms with Gasteiger partial charge in [-0.3, -0.25) is 4.99 Å². The van der Waals surface area contributed by atoms with E-state index in [-0.39, 0.29) is 23.9 Å². The first-order chi connectivity index (χ1) is 15.6. The van der Waals surface area contributed by atoms with Crippen LogP contribution < -0.4 is 10.1 Å². The highest BCUT2D eigenvalue weighted by molar-refractivity contribution is 7.93. The van der Waals surface area contributed by atoms with Gasteiger partial charge >= 0.3 is 0 Å². The number of amidine groups is 1. The number of ether oxygens (including phenoxy) is 1. The van der Waals surface area contributed by atoms with E-state index >= 15 is 0 Å². The van der Waals surface area contributed by atoms with Gasteiger partial charge in [-0.05, 0) is 49.6 Å². The fraction of sp³-hybridized carbons (Fsp3) is 0.375. The Balaban J connectivity index is 1.59. The molecule has 1 saturated heterocycles. The van der Waals surface area contributed by atoms with Crippen LogP contribution in [0.1, 0.15) is 43.2 Å². The summed E-state index contributed by atoms with van der Waals surface area (Å²) >= 11 is 0. The lowest BCUT2D eigenvalue weighted by Gasteiger charge is -2.51. The Hall–Kier alpha value is -3.25. The molecule has 1 spiro atoms. The number of sulfone groups is 1. The first kappa shape index (κ1) is 22.9. The zero-order chi connectivity index (χ0) is 23.9. The summed E-state index contributed by atoms with van der Waals surface area (Å²) in [6.07, 6.45) is 4.56. The molecule has 0 radical (unpaired) electrons. The molecule has 0 bridgehead atoms. The predicted molar refractivity (Wildman–Crippen MR) is 126 cm³/mol. The maximum atomic E-state index is 14.8. The molecular formula is C24H25FN4O3S. The van der Waals surface area contributed by atoms with E-state index in [1.165, 1.54) is 18.5 Å². The van der Waals surface area contributed by atoms with Gasteiger partial charge in [-0.2, -0.15) is 0 Å². The first-order valence-corrected chi connectivity index (χ1v) is 12.1. The third-order valence-corrected chi connectivity index (χ3v) is 8.76. The molecule has 1 aromatic heterocycles. The van der Waals surface area contributed by atoms with Crippen molar-refractivity contribution >= 4 is 27.6 Å². The molecule has 2 heterocycles. The van der Waals surface area contributed by atoms with Crippen LogP contribution in [0.4, 0.5) is 4.39 Å². The summed E-state index contributed by atoms with van der Waals surface area (Å²) in [5, 5.41) is 3.37. The smallest absolute Gasteiger partial charge is 0.233 e. The van der Waals surface area contributed by atoms with E-state index in [2.05, 4.69) is 32.1 Å². The normalized spacial score (nSPS) is 23.7. The average Bonchev–Trinajstić information content (AvgIpc) is 2.77. The van der Waals surface area contributed by atoms with Crippen LogP contribution in [0.3, 0.4) is 0 Å². The number of halogens is 1. The van der Waals surface area contributed by atoms with Crippen molar-refractivity contribution in [3.05, 3.63) is 53.0 Å². The van der Waals surface area contributed by atoms with E-state index in [0.29, 0.717) is 17.8 Å². The molecule has 1 N–H and O–H groups in total. The molecule has 172 valence electrons. The van der Waals surface area contributed by atoms with E-state index in [1.807, 2.05) is 12.1 Å². The summed E-state index contributed by atoms with van der Waals surface area (Å²) in [6.45, 7) is 5.21. The number of benzene rings is 1. The highest BCUT2D eigenvalue weighted by Gasteiger charge is 2.56. The van der Waals surface area contributed by atoms with Gasteiger partial charge in [0.15, 0.2) is 22.3 Å². The van der Waals surface area contributed by atoms with Crippen LogP contribution in [0.15, 0.2) is 35.6 Å².